The van der Waals surface area contributed by atoms with Crippen LogP contribution in [0.1, 0.15) is 41.3 Å². The van der Waals surface area contributed by atoms with Gasteiger partial charge in [0.05, 0.1) is 22.5 Å². The summed E-state index contributed by atoms with van der Waals surface area (Å²) < 4.78 is 1.64. The van der Waals surface area contributed by atoms with Gasteiger partial charge in [0.2, 0.25) is 0 Å². The first-order valence-corrected chi connectivity index (χ1v) is 13.9. The number of halogens is 1. The Balaban J connectivity index is 1.43. The molecule has 4 aromatic rings. The molecule has 2 heterocycles. The molecule has 0 saturated heterocycles. The first-order valence-electron chi connectivity index (χ1n) is 11.8. The Kier molecular flexibility index (Phi) is 7.27. The van der Waals surface area contributed by atoms with E-state index in [2.05, 4.69) is 10.5 Å². The zero-order chi connectivity index (χ0) is 25.2. The summed E-state index contributed by atoms with van der Waals surface area (Å²) in [5.74, 6) is -0.199. The Hall–Kier alpha value is -2.94. The molecule has 0 aliphatic heterocycles. The van der Waals surface area contributed by atoms with Gasteiger partial charge < -0.3 is 0 Å². The molecule has 1 N–H and O–H groups in total. The number of hydrazone groups is 1. The molecule has 0 saturated carbocycles. The average molecular weight is 537 g/mol. The molecule has 0 fully saturated rings. The van der Waals surface area contributed by atoms with Gasteiger partial charge in [-0.15, -0.1) is 11.3 Å². The van der Waals surface area contributed by atoms with E-state index in [0.717, 1.165) is 58.3 Å². The van der Waals surface area contributed by atoms with E-state index in [9.17, 15) is 9.59 Å². The third kappa shape index (κ3) is 5.12. The van der Waals surface area contributed by atoms with Crippen molar-refractivity contribution in [2.24, 2.45) is 5.10 Å². The normalized spacial score (nSPS) is 13.6. The van der Waals surface area contributed by atoms with Gasteiger partial charge in [-0.05, 0) is 74.9 Å². The van der Waals surface area contributed by atoms with Crippen LogP contribution in [-0.4, -0.2) is 26.9 Å². The lowest BCUT2D eigenvalue weighted by molar-refractivity contribution is -0.118. The van der Waals surface area contributed by atoms with Crippen LogP contribution < -0.4 is 11.0 Å². The summed E-state index contributed by atoms with van der Waals surface area (Å²) in [4.78, 5) is 33.3. The van der Waals surface area contributed by atoms with Crippen LogP contribution in [0.5, 0.6) is 0 Å². The second-order valence-electron chi connectivity index (χ2n) is 8.79. The summed E-state index contributed by atoms with van der Waals surface area (Å²) in [7, 11) is 0. The lowest BCUT2D eigenvalue weighted by atomic mass is 9.97. The fourth-order valence-corrected chi connectivity index (χ4v) is 6.50. The molecule has 6 nitrogen and oxygen atoms in total. The van der Waals surface area contributed by atoms with Gasteiger partial charge in [0.1, 0.15) is 4.83 Å². The summed E-state index contributed by atoms with van der Waals surface area (Å²) in [5.41, 5.74) is 7.09. The third-order valence-corrected chi connectivity index (χ3v) is 8.57. The molecule has 2 aromatic heterocycles. The van der Waals surface area contributed by atoms with Crippen molar-refractivity contribution in [2.75, 3.05) is 5.75 Å². The minimum atomic E-state index is -0.274. The number of aromatic nitrogens is 2. The molecule has 0 radical (unpaired) electrons. The number of benzene rings is 2. The van der Waals surface area contributed by atoms with Gasteiger partial charge in [-0.3, -0.25) is 14.2 Å². The molecular weight excluding hydrogens is 512 g/mol. The number of rotatable bonds is 6. The predicted octanol–water partition coefficient (Wildman–Crippen LogP) is 5.92. The van der Waals surface area contributed by atoms with Crippen molar-refractivity contribution >= 4 is 56.5 Å². The zero-order valence-electron chi connectivity index (χ0n) is 20.0. The summed E-state index contributed by atoms with van der Waals surface area (Å²) >= 11 is 8.79. The Morgan fingerprint density at radius 2 is 1.86 bits per heavy atom. The molecule has 1 aliphatic rings. The molecular formula is C27H25ClN4O2S2. The minimum absolute atomic E-state index is 0.0669. The molecule has 0 bridgehead atoms. The van der Waals surface area contributed by atoms with Crippen molar-refractivity contribution in [1.82, 2.24) is 15.0 Å². The number of fused-ring (bicyclic) bond motifs is 3. The van der Waals surface area contributed by atoms with Crippen LogP contribution >= 0.6 is 34.7 Å². The first-order chi connectivity index (χ1) is 17.4. The Bertz CT molecular complexity index is 1520. The number of hydrogen-bond donors (Lipinski definition) is 1. The van der Waals surface area contributed by atoms with Crippen LogP contribution in [0.15, 0.2) is 63.6 Å². The first kappa shape index (κ1) is 24.7. The van der Waals surface area contributed by atoms with E-state index in [1.807, 2.05) is 50.2 Å². The maximum absolute atomic E-state index is 13.8. The zero-order valence-corrected chi connectivity index (χ0v) is 22.4. The molecule has 0 unspecified atom stereocenters. The largest absolute Gasteiger partial charge is 0.272 e. The highest BCUT2D eigenvalue weighted by Crippen LogP contribution is 2.35. The van der Waals surface area contributed by atoms with Crippen LogP contribution in [0.3, 0.4) is 0 Å². The average Bonchev–Trinajstić information content (AvgIpc) is 3.26. The van der Waals surface area contributed by atoms with Gasteiger partial charge in [0.15, 0.2) is 5.16 Å². The number of thioether (sulfide) groups is 1. The SMILES string of the molecule is C/C(=N\NC(=O)CSc1nc2sc3c(c2c(=O)n1-c1ccc(C)cc1)CCCC3)c1ccc(Cl)cc1. The van der Waals surface area contributed by atoms with Gasteiger partial charge in [-0.2, -0.15) is 5.10 Å². The van der Waals surface area contributed by atoms with E-state index in [4.69, 9.17) is 16.6 Å². The maximum atomic E-state index is 13.8. The molecule has 0 atom stereocenters. The minimum Gasteiger partial charge on any atom is -0.272 e. The lowest BCUT2D eigenvalue weighted by Crippen LogP contribution is -2.24. The monoisotopic (exact) mass is 536 g/mol. The van der Waals surface area contributed by atoms with Crippen LogP contribution in [0, 0.1) is 6.92 Å². The summed E-state index contributed by atoms with van der Waals surface area (Å²) in [6.45, 7) is 3.83. The quantitative estimate of drug-likeness (QED) is 0.144. The Morgan fingerprint density at radius 1 is 1.14 bits per heavy atom. The molecule has 184 valence electrons. The van der Waals surface area contributed by atoms with E-state index in [-0.39, 0.29) is 17.2 Å². The number of hydrogen-bond acceptors (Lipinski definition) is 6. The Labute approximate surface area is 222 Å². The number of carbonyl (C=O) groups excluding carboxylic acids is 1. The van der Waals surface area contributed by atoms with E-state index in [0.29, 0.717) is 15.9 Å². The smallest absolute Gasteiger partial charge is 0.267 e. The fraction of sp³-hybridized carbons (Fsp3) is 0.259. The van der Waals surface area contributed by atoms with Crippen molar-refractivity contribution in [3.8, 4) is 5.69 Å². The molecule has 1 amide bonds. The molecule has 36 heavy (non-hydrogen) atoms. The summed E-state index contributed by atoms with van der Waals surface area (Å²) in [5, 5.41) is 6.09. The van der Waals surface area contributed by atoms with Gasteiger partial charge in [-0.1, -0.05) is 53.2 Å². The highest BCUT2D eigenvalue weighted by atomic mass is 35.5. The Morgan fingerprint density at radius 3 is 2.61 bits per heavy atom. The van der Waals surface area contributed by atoms with Crippen molar-refractivity contribution in [2.45, 2.75) is 44.7 Å². The highest BCUT2D eigenvalue weighted by Gasteiger charge is 2.23. The topological polar surface area (TPSA) is 76.3 Å². The molecule has 5 rings (SSSR count). The predicted molar refractivity (Wildman–Crippen MR) is 149 cm³/mol. The van der Waals surface area contributed by atoms with E-state index >= 15 is 0 Å². The number of amides is 1. The molecule has 0 spiro atoms. The molecule has 2 aromatic carbocycles. The van der Waals surface area contributed by atoms with Crippen LogP contribution in [0.4, 0.5) is 0 Å². The summed E-state index contributed by atoms with van der Waals surface area (Å²) in [6, 6.07) is 15.1. The van der Waals surface area contributed by atoms with Crippen molar-refractivity contribution < 1.29 is 4.79 Å². The number of aryl methyl sites for hydroxylation is 3. The number of nitrogens with one attached hydrogen (secondary N) is 1. The maximum Gasteiger partial charge on any atom is 0.267 e. The number of nitrogens with zero attached hydrogens (tertiary/aromatic N) is 3. The van der Waals surface area contributed by atoms with Gasteiger partial charge in [0, 0.05) is 9.90 Å². The fourth-order valence-electron chi connectivity index (χ4n) is 4.27. The standard InChI is InChI=1S/C27H25ClN4O2S2/c1-16-7-13-20(14-8-16)32-26(34)24-21-5-3-4-6-22(21)36-25(24)29-27(32)35-15-23(33)31-30-17(2)18-9-11-19(28)12-10-18/h7-14H,3-6,15H2,1-2H3,(H,31,33)/b30-17+. The summed E-state index contributed by atoms with van der Waals surface area (Å²) in [6.07, 6.45) is 4.15. The third-order valence-electron chi connectivity index (χ3n) is 6.19. The van der Waals surface area contributed by atoms with Gasteiger partial charge in [-0.25, -0.2) is 10.4 Å². The van der Waals surface area contributed by atoms with Crippen molar-refractivity contribution in [3.05, 3.63) is 85.5 Å². The van der Waals surface area contributed by atoms with E-state index in [1.54, 1.807) is 28.0 Å². The van der Waals surface area contributed by atoms with Gasteiger partial charge in [0.25, 0.3) is 11.5 Å². The van der Waals surface area contributed by atoms with Gasteiger partial charge >= 0.3 is 0 Å². The molecule has 9 heteroatoms. The highest BCUT2D eigenvalue weighted by molar-refractivity contribution is 7.99. The molecule has 1 aliphatic carbocycles. The van der Waals surface area contributed by atoms with Crippen LogP contribution in [0.25, 0.3) is 15.9 Å². The van der Waals surface area contributed by atoms with Crippen molar-refractivity contribution in [3.63, 3.8) is 0 Å². The van der Waals surface area contributed by atoms with E-state index in [1.165, 1.54) is 16.6 Å². The second kappa shape index (κ2) is 10.6. The second-order valence-corrected chi connectivity index (χ2v) is 11.3. The number of thiophene rings is 1. The van der Waals surface area contributed by atoms with E-state index < -0.39 is 0 Å². The lowest BCUT2D eigenvalue weighted by Gasteiger charge is -2.13. The van der Waals surface area contributed by atoms with Crippen LogP contribution in [0.2, 0.25) is 5.02 Å². The van der Waals surface area contributed by atoms with Crippen LogP contribution in [-0.2, 0) is 17.6 Å². The van der Waals surface area contributed by atoms with Crippen molar-refractivity contribution in [1.29, 1.82) is 0 Å². The number of carbonyl (C=O) groups is 1.